The zero-order valence-electron chi connectivity index (χ0n) is 25.8. The Balaban J connectivity index is 1.14. The van der Waals surface area contributed by atoms with Gasteiger partial charge in [-0.15, -0.1) is 0 Å². The molecule has 45 heavy (non-hydrogen) atoms. The van der Waals surface area contributed by atoms with E-state index in [-0.39, 0.29) is 18.0 Å². The Bertz CT molecular complexity index is 1750. The predicted octanol–water partition coefficient (Wildman–Crippen LogP) is 5.66. The maximum atomic E-state index is 13.2. The van der Waals surface area contributed by atoms with E-state index in [9.17, 15) is 4.79 Å². The van der Waals surface area contributed by atoms with Crippen molar-refractivity contribution in [2.24, 2.45) is 0 Å². The second kappa shape index (κ2) is 12.9. The van der Waals surface area contributed by atoms with Crippen molar-refractivity contribution < 1.29 is 9.32 Å². The SMILES string of the molecule is Cc1nc(-c2cccc(NC(=O)N3CCN(c4nc(C(Cc5ccc(N(C)C)cc5)c5ccc(N)cc5)ns4)C(C)C3)c2)no1. The molecule has 1 aliphatic rings. The van der Waals surface area contributed by atoms with Gasteiger partial charge in [0.2, 0.25) is 16.8 Å². The summed E-state index contributed by atoms with van der Waals surface area (Å²) in [5, 5.41) is 7.86. The Kier molecular flexibility index (Phi) is 8.65. The van der Waals surface area contributed by atoms with E-state index in [2.05, 4.69) is 68.6 Å². The summed E-state index contributed by atoms with van der Waals surface area (Å²) in [6, 6.07) is 24.0. The number of nitrogens with two attached hydrogens (primary N) is 1. The number of piperazine rings is 1. The lowest BCUT2D eigenvalue weighted by atomic mass is 9.91. The molecule has 0 radical (unpaired) electrons. The molecule has 232 valence electrons. The Morgan fingerprint density at radius 2 is 1.87 bits per heavy atom. The number of rotatable bonds is 8. The van der Waals surface area contributed by atoms with Crippen LogP contribution in [0, 0.1) is 6.92 Å². The third kappa shape index (κ3) is 6.91. The van der Waals surface area contributed by atoms with E-state index in [1.165, 1.54) is 17.1 Å². The number of urea groups is 1. The normalized spacial score (nSPS) is 15.6. The van der Waals surface area contributed by atoms with Gasteiger partial charge in [0.1, 0.15) is 0 Å². The number of carbonyl (C=O) groups excluding carboxylic acids is 1. The molecule has 3 heterocycles. The van der Waals surface area contributed by atoms with Crippen LogP contribution in [-0.4, -0.2) is 70.2 Å². The molecule has 0 bridgehead atoms. The number of aromatic nitrogens is 4. The Labute approximate surface area is 266 Å². The van der Waals surface area contributed by atoms with Crippen LogP contribution in [0.15, 0.2) is 77.3 Å². The van der Waals surface area contributed by atoms with Gasteiger partial charge in [0.25, 0.3) is 0 Å². The molecule has 2 amide bonds. The van der Waals surface area contributed by atoms with E-state index in [0.29, 0.717) is 37.0 Å². The van der Waals surface area contributed by atoms with Crippen molar-refractivity contribution in [3.8, 4) is 11.4 Å². The lowest BCUT2D eigenvalue weighted by molar-refractivity contribution is 0.200. The first-order valence-corrected chi connectivity index (χ1v) is 15.7. The monoisotopic (exact) mass is 623 g/mol. The highest BCUT2D eigenvalue weighted by Crippen LogP contribution is 2.32. The van der Waals surface area contributed by atoms with Crippen molar-refractivity contribution in [3.05, 3.63) is 95.6 Å². The summed E-state index contributed by atoms with van der Waals surface area (Å²) in [5.74, 6) is 1.75. The molecule has 0 aliphatic carbocycles. The quantitative estimate of drug-likeness (QED) is 0.210. The first-order chi connectivity index (χ1) is 21.7. The highest BCUT2D eigenvalue weighted by molar-refractivity contribution is 7.09. The van der Waals surface area contributed by atoms with Gasteiger partial charge in [-0.25, -0.2) is 9.78 Å². The molecular formula is C33H37N9O2S. The summed E-state index contributed by atoms with van der Waals surface area (Å²) in [6.45, 7) is 5.64. The first-order valence-electron chi connectivity index (χ1n) is 14.9. The van der Waals surface area contributed by atoms with Gasteiger partial charge in [0.05, 0.1) is 0 Å². The minimum Gasteiger partial charge on any atom is -0.399 e. The summed E-state index contributed by atoms with van der Waals surface area (Å²) in [4.78, 5) is 28.7. The molecule has 3 N–H and O–H groups in total. The van der Waals surface area contributed by atoms with E-state index in [0.717, 1.165) is 39.9 Å². The van der Waals surface area contributed by atoms with Gasteiger partial charge in [-0.3, -0.25) is 0 Å². The molecule has 3 aromatic carbocycles. The van der Waals surface area contributed by atoms with Gasteiger partial charge >= 0.3 is 6.03 Å². The first kappa shape index (κ1) is 30.1. The van der Waals surface area contributed by atoms with Crippen LogP contribution in [-0.2, 0) is 6.42 Å². The molecular weight excluding hydrogens is 586 g/mol. The summed E-state index contributed by atoms with van der Waals surface area (Å²) in [6.07, 6.45) is 0.769. The van der Waals surface area contributed by atoms with Gasteiger partial charge in [0.15, 0.2) is 5.82 Å². The van der Waals surface area contributed by atoms with E-state index in [1.807, 2.05) is 55.4 Å². The zero-order chi connectivity index (χ0) is 31.5. The molecule has 1 saturated heterocycles. The molecule has 1 fully saturated rings. The Morgan fingerprint density at radius 3 is 2.56 bits per heavy atom. The van der Waals surface area contributed by atoms with Crippen LogP contribution >= 0.6 is 11.5 Å². The van der Waals surface area contributed by atoms with Gasteiger partial charge in [0, 0.05) is 86.8 Å². The number of hydrogen-bond acceptors (Lipinski definition) is 10. The molecule has 5 aromatic rings. The second-order valence-electron chi connectivity index (χ2n) is 11.6. The van der Waals surface area contributed by atoms with Crippen molar-refractivity contribution in [3.63, 3.8) is 0 Å². The molecule has 2 unspecified atom stereocenters. The Hall–Kier alpha value is -4.97. The maximum absolute atomic E-state index is 13.2. The van der Waals surface area contributed by atoms with Gasteiger partial charge < -0.3 is 30.3 Å². The van der Waals surface area contributed by atoms with E-state index >= 15 is 0 Å². The van der Waals surface area contributed by atoms with Crippen molar-refractivity contribution in [2.75, 3.05) is 54.6 Å². The lowest BCUT2D eigenvalue weighted by Gasteiger charge is -2.39. The molecule has 11 nitrogen and oxygen atoms in total. The van der Waals surface area contributed by atoms with Gasteiger partial charge in [-0.2, -0.15) is 9.36 Å². The van der Waals surface area contributed by atoms with Crippen LogP contribution in [0.1, 0.15) is 35.7 Å². The van der Waals surface area contributed by atoms with Crippen molar-refractivity contribution in [1.82, 2.24) is 24.4 Å². The molecule has 6 rings (SSSR count). The van der Waals surface area contributed by atoms with Crippen molar-refractivity contribution >= 4 is 39.8 Å². The van der Waals surface area contributed by atoms with Gasteiger partial charge in [-0.1, -0.05) is 41.6 Å². The smallest absolute Gasteiger partial charge is 0.321 e. The molecule has 0 saturated carbocycles. The molecule has 12 heteroatoms. The van der Waals surface area contributed by atoms with Gasteiger partial charge in [-0.05, 0) is 60.9 Å². The number of aryl methyl sites for hydroxylation is 1. The lowest BCUT2D eigenvalue weighted by Crippen LogP contribution is -2.54. The van der Waals surface area contributed by atoms with Crippen LogP contribution in [0.25, 0.3) is 11.4 Å². The van der Waals surface area contributed by atoms with E-state index < -0.39 is 0 Å². The van der Waals surface area contributed by atoms with Crippen LogP contribution in [0.2, 0.25) is 0 Å². The number of anilines is 4. The predicted molar refractivity (Wildman–Crippen MR) is 179 cm³/mol. The maximum Gasteiger partial charge on any atom is 0.321 e. The average molecular weight is 624 g/mol. The fourth-order valence-electron chi connectivity index (χ4n) is 5.52. The number of nitrogens with zero attached hydrogens (tertiary/aromatic N) is 7. The number of hydrogen-bond donors (Lipinski definition) is 2. The molecule has 2 atom stereocenters. The number of carbonyl (C=O) groups is 1. The van der Waals surface area contributed by atoms with Crippen molar-refractivity contribution in [1.29, 1.82) is 0 Å². The zero-order valence-corrected chi connectivity index (χ0v) is 26.7. The average Bonchev–Trinajstić information content (AvgIpc) is 3.70. The third-order valence-electron chi connectivity index (χ3n) is 8.03. The Morgan fingerprint density at radius 1 is 1.09 bits per heavy atom. The summed E-state index contributed by atoms with van der Waals surface area (Å²) in [7, 11) is 4.08. The standard InChI is InChI=1S/C33H37N9O2S/c1-21-20-41(32(43)36-27-7-5-6-25(19-27)30-35-22(2)44-38-30)16-17-42(21)33-37-31(39-45-33)29(24-10-12-26(34)13-11-24)18-23-8-14-28(15-9-23)40(3)4/h5-15,19,21,29H,16-18,20,34H2,1-4H3,(H,36,43). The number of nitrogens with one attached hydrogen (secondary N) is 1. The largest absolute Gasteiger partial charge is 0.399 e. The topological polar surface area (TPSA) is 130 Å². The third-order valence-corrected chi connectivity index (χ3v) is 8.80. The van der Waals surface area contributed by atoms with Crippen LogP contribution in [0.5, 0.6) is 0 Å². The molecule has 2 aromatic heterocycles. The minimum atomic E-state index is -0.149. The van der Waals surface area contributed by atoms with Crippen LogP contribution in [0.4, 0.5) is 27.0 Å². The highest BCUT2D eigenvalue weighted by Gasteiger charge is 2.30. The fraction of sp³-hybridized carbons (Fsp3) is 0.303. The summed E-state index contributed by atoms with van der Waals surface area (Å²) < 4.78 is 9.95. The fourth-order valence-corrected chi connectivity index (χ4v) is 6.37. The number of nitrogen functional groups attached to an aromatic ring is 1. The van der Waals surface area contributed by atoms with E-state index in [1.54, 1.807) is 6.92 Å². The van der Waals surface area contributed by atoms with Crippen LogP contribution < -0.4 is 20.9 Å². The molecule has 0 spiro atoms. The second-order valence-corrected chi connectivity index (χ2v) is 12.3. The molecule has 1 aliphatic heterocycles. The minimum absolute atomic E-state index is 0.0182. The highest BCUT2D eigenvalue weighted by atomic mass is 32.1. The van der Waals surface area contributed by atoms with Crippen LogP contribution in [0.3, 0.4) is 0 Å². The number of benzene rings is 3. The summed E-state index contributed by atoms with van der Waals surface area (Å²) >= 11 is 1.41. The van der Waals surface area contributed by atoms with E-state index in [4.69, 9.17) is 19.6 Å². The number of amides is 2. The van der Waals surface area contributed by atoms with Crippen molar-refractivity contribution in [2.45, 2.75) is 32.2 Å². The summed E-state index contributed by atoms with van der Waals surface area (Å²) in [5.41, 5.74) is 11.7.